The van der Waals surface area contributed by atoms with Crippen LogP contribution in [0.2, 0.25) is 5.02 Å². The highest BCUT2D eigenvalue weighted by Crippen LogP contribution is 2.21. The standard InChI is InChI=1S/C11H11ClN2O2/c1-6-4-7(12)2-3-8(6)13-9-5-10(15)14-11(9)16/h2-4,9,13H,5H2,1H3,(H,14,15,16). The maximum atomic E-state index is 11.3. The van der Waals surface area contributed by atoms with Gasteiger partial charge in [0.1, 0.15) is 6.04 Å². The first kappa shape index (κ1) is 11.0. The summed E-state index contributed by atoms with van der Waals surface area (Å²) >= 11 is 5.82. The highest BCUT2D eigenvalue weighted by atomic mass is 35.5. The lowest BCUT2D eigenvalue weighted by Gasteiger charge is -2.13. The van der Waals surface area contributed by atoms with Crippen molar-refractivity contribution in [3.05, 3.63) is 28.8 Å². The summed E-state index contributed by atoms with van der Waals surface area (Å²) in [5, 5.41) is 5.92. The van der Waals surface area contributed by atoms with Crippen LogP contribution < -0.4 is 10.6 Å². The van der Waals surface area contributed by atoms with E-state index in [1.807, 2.05) is 6.92 Å². The maximum Gasteiger partial charge on any atom is 0.249 e. The van der Waals surface area contributed by atoms with Gasteiger partial charge in [-0.1, -0.05) is 11.6 Å². The van der Waals surface area contributed by atoms with Crippen molar-refractivity contribution in [2.45, 2.75) is 19.4 Å². The van der Waals surface area contributed by atoms with Crippen LogP contribution in [0.25, 0.3) is 0 Å². The zero-order valence-corrected chi connectivity index (χ0v) is 9.47. The Kier molecular flexibility index (Phi) is 2.83. The van der Waals surface area contributed by atoms with Crippen LogP contribution in [0.5, 0.6) is 0 Å². The molecule has 1 heterocycles. The molecule has 0 bridgehead atoms. The first-order valence-corrected chi connectivity index (χ1v) is 5.30. The van der Waals surface area contributed by atoms with Crippen LogP contribution in [0.4, 0.5) is 5.69 Å². The number of hydrogen-bond acceptors (Lipinski definition) is 3. The second-order valence-corrected chi connectivity index (χ2v) is 4.21. The third-order valence-corrected chi connectivity index (χ3v) is 2.72. The highest BCUT2D eigenvalue weighted by molar-refractivity contribution is 6.30. The minimum atomic E-state index is -0.479. The molecular formula is C11H11ClN2O2. The van der Waals surface area contributed by atoms with Crippen LogP contribution >= 0.6 is 11.6 Å². The van der Waals surface area contributed by atoms with E-state index in [1.165, 1.54) is 0 Å². The third-order valence-electron chi connectivity index (χ3n) is 2.49. The summed E-state index contributed by atoms with van der Waals surface area (Å²) in [6.45, 7) is 1.89. The van der Waals surface area contributed by atoms with E-state index in [4.69, 9.17) is 11.6 Å². The predicted molar refractivity (Wildman–Crippen MR) is 61.4 cm³/mol. The lowest BCUT2D eigenvalue weighted by atomic mass is 10.1. The summed E-state index contributed by atoms with van der Waals surface area (Å²) in [6, 6.07) is 4.87. The average Bonchev–Trinajstić information content (AvgIpc) is 2.50. The Morgan fingerprint density at radius 1 is 1.44 bits per heavy atom. The van der Waals surface area contributed by atoms with Crippen LogP contribution in [0.15, 0.2) is 18.2 Å². The lowest BCUT2D eigenvalue weighted by molar-refractivity contribution is -0.124. The molecule has 1 aliphatic heterocycles. The summed E-state index contributed by atoms with van der Waals surface area (Å²) in [7, 11) is 0. The Bertz CT molecular complexity index is 459. The van der Waals surface area contributed by atoms with Crippen molar-refractivity contribution in [3.63, 3.8) is 0 Å². The Labute approximate surface area is 98.0 Å². The first-order chi connectivity index (χ1) is 7.56. The number of carbonyl (C=O) groups excluding carboxylic acids is 2. The molecule has 4 nitrogen and oxygen atoms in total. The molecule has 2 N–H and O–H groups in total. The number of aryl methyl sites for hydroxylation is 1. The largest absolute Gasteiger partial charge is 0.373 e. The van der Waals surface area contributed by atoms with Gasteiger partial charge < -0.3 is 5.32 Å². The Morgan fingerprint density at radius 3 is 2.75 bits per heavy atom. The fourth-order valence-electron chi connectivity index (χ4n) is 1.65. The number of amides is 2. The van der Waals surface area contributed by atoms with Crippen molar-refractivity contribution >= 4 is 29.1 Å². The number of imide groups is 1. The van der Waals surface area contributed by atoms with E-state index in [0.29, 0.717) is 5.02 Å². The molecule has 5 heteroatoms. The number of nitrogens with one attached hydrogen (secondary N) is 2. The second kappa shape index (κ2) is 4.14. The van der Waals surface area contributed by atoms with Gasteiger partial charge in [-0.15, -0.1) is 0 Å². The van der Waals surface area contributed by atoms with E-state index >= 15 is 0 Å². The Hall–Kier alpha value is -1.55. The first-order valence-electron chi connectivity index (χ1n) is 4.92. The predicted octanol–water partition coefficient (Wildman–Crippen LogP) is 1.48. The smallest absolute Gasteiger partial charge is 0.249 e. The number of benzene rings is 1. The van der Waals surface area contributed by atoms with Crippen LogP contribution in [0, 0.1) is 6.92 Å². The molecule has 1 fully saturated rings. The number of halogens is 1. The van der Waals surface area contributed by atoms with Gasteiger partial charge in [-0.2, -0.15) is 0 Å². The number of hydrogen-bond donors (Lipinski definition) is 2. The summed E-state index contributed by atoms with van der Waals surface area (Å²) in [4.78, 5) is 22.3. The Morgan fingerprint density at radius 2 is 2.19 bits per heavy atom. The van der Waals surface area contributed by atoms with Gasteiger partial charge in [0.25, 0.3) is 0 Å². The topological polar surface area (TPSA) is 58.2 Å². The van der Waals surface area contributed by atoms with Crippen molar-refractivity contribution < 1.29 is 9.59 Å². The molecule has 1 aliphatic rings. The summed E-state index contributed by atoms with van der Waals surface area (Å²) in [5.41, 5.74) is 1.76. The quantitative estimate of drug-likeness (QED) is 0.768. The van der Waals surface area contributed by atoms with Crippen molar-refractivity contribution in [1.82, 2.24) is 5.32 Å². The van der Waals surface area contributed by atoms with Crippen molar-refractivity contribution in [2.24, 2.45) is 0 Å². The van der Waals surface area contributed by atoms with Gasteiger partial charge in [-0.3, -0.25) is 14.9 Å². The molecule has 16 heavy (non-hydrogen) atoms. The molecule has 1 unspecified atom stereocenters. The van der Waals surface area contributed by atoms with Gasteiger partial charge in [0, 0.05) is 10.7 Å². The Balaban J connectivity index is 2.15. The molecule has 1 aromatic carbocycles. The normalized spacial score (nSPS) is 19.8. The van der Waals surface area contributed by atoms with E-state index < -0.39 is 6.04 Å². The molecule has 0 radical (unpaired) electrons. The number of rotatable bonds is 2. The van der Waals surface area contributed by atoms with E-state index in [9.17, 15) is 9.59 Å². The van der Waals surface area contributed by atoms with E-state index in [1.54, 1.807) is 18.2 Å². The van der Waals surface area contributed by atoms with Gasteiger partial charge in [-0.25, -0.2) is 0 Å². The molecule has 1 atom stereocenters. The molecule has 0 aliphatic carbocycles. The third kappa shape index (κ3) is 2.17. The molecule has 0 spiro atoms. The van der Waals surface area contributed by atoms with E-state index in [-0.39, 0.29) is 18.2 Å². The zero-order valence-electron chi connectivity index (χ0n) is 8.71. The van der Waals surface area contributed by atoms with Crippen LogP contribution in [-0.4, -0.2) is 17.9 Å². The zero-order chi connectivity index (χ0) is 11.7. The SMILES string of the molecule is Cc1cc(Cl)ccc1NC1CC(=O)NC1=O. The molecule has 2 amide bonds. The molecular weight excluding hydrogens is 228 g/mol. The summed E-state index contributed by atoms with van der Waals surface area (Å²) in [5.74, 6) is -0.520. The summed E-state index contributed by atoms with van der Waals surface area (Å²) in [6.07, 6.45) is 0.181. The lowest BCUT2D eigenvalue weighted by Crippen LogP contribution is -2.30. The molecule has 1 saturated heterocycles. The van der Waals surface area contributed by atoms with E-state index in [0.717, 1.165) is 11.3 Å². The highest BCUT2D eigenvalue weighted by Gasteiger charge is 2.30. The maximum absolute atomic E-state index is 11.3. The van der Waals surface area contributed by atoms with Gasteiger partial charge in [0.05, 0.1) is 6.42 Å². The van der Waals surface area contributed by atoms with E-state index in [2.05, 4.69) is 10.6 Å². The molecule has 2 rings (SSSR count). The molecule has 84 valence electrons. The van der Waals surface area contributed by atoms with Gasteiger partial charge in [0.15, 0.2) is 0 Å². The van der Waals surface area contributed by atoms with Crippen molar-refractivity contribution in [3.8, 4) is 0 Å². The molecule has 0 saturated carbocycles. The minimum Gasteiger partial charge on any atom is -0.373 e. The molecule has 1 aromatic rings. The molecule has 0 aromatic heterocycles. The number of carbonyl (C=O) groups is 2. The van der Waals surface area contributed by atoms with Gasteiger partial charge in [0.2, 0.25) is 11.8 Å². The van der Waals surface area contributed by atoms with Crippen LogP contribution in [0.3, 0.4) is 0 Å². The van der Waals surface area contributed by atoms with Crippen molar-refractivity contribution in [1.29, 1.82) is 0 Å². The van der Waals surface area contributed by atoms with Crippen LogP contribution in [-0.2, 0) is 9.59 Å². The minimum absolute atomic E-state index is 0.181. The van der Waals surface area contributed by atoms with Gasteiger partial charge >= 0.3 is 0 Å². The fraction of sp³-hybridized carbons (Fsp3) is 0.273. The summed E-state index contributed by atoms with van der Waals surface area (Å²) < 4.78 is 0. The average molecular weight is 239 g/mol. The van der Waals surface area contributed by atoms with Crippen LogP contribution in [0.1, 0.15) is 12.0 Å². The monoisotopic (exact) mass is 238 g/mol. The van der Waals surface area contributed by atoms with Gasteiger partial charge in [-0.05, 0) is 30.7 Å². The second-order valence-electron chi connectivity index (χ2n) is 3.77. The fourth-order valence-corrected chi connectivity index (χ4v) is 1.87. The number of anilines is 1. The van der Waals surface area contributed by atoms with Crippen molar-refractivity contribution in [2.75, 3.05) is 5.32 Å².